The molecule has 1 unspecified atom stereocenters. The van der Waals surface area contributed by atoms with Crippen LogP contribution in [-0.4, -0.2) is 22.5 Å². The Bertz CT molecular complexity index is 349. The molecule has 2 nitrogen and oxygen atoms in total. The number of alkyl halides is 1. The number of hydrogen-bond donors (Lipinski definition) is 1. The van der Waals surface area contributed by atoms with E-state index in [0.717, 1.165) is 18.7 Å². The number of benzene rings is 1. The summed E-state index contributed by atoms with van der Waals surface area (Å²) in [5.74, 6) is -2.06. The third-order valence-corrected chi connectivity index (χ3v) is 3.06. The molecule has 0 aromatic heterocycles. The van der Waals surface area contributed by atoms with Crippen molar-refractivity contribution in [2.24, 2.45) is 0 Å². The molecule has 0 saturated carbocycles. The summed E-state index contributed by atoms with van der Waals surface area (Å²) in [5, 5.41) is 8.52. The zero-order valence-corrected chi connectivity index (χ0v) is 8.85. The van der Waals surface area contributed by atoms with Gasteiger partial charge in [-0.1, -0.05) is 0 Å². The number of aliphatic carboxylic acids is 1. The molecule has 0 saturated heterocycles. The third kappa shape index (κ3) is 3.51. The molecular formula is C10H10F2O2S. The lowest BCUT2D eigenvalue weighted by Crippen LogP contribution is -2.32. The molecule has 0 aliphatic rings. The molecule has 1 N–H and O–H groups in total. The van der Waals surface area contributed by atoms with E-state index in [1.165, 1.54) is 24.3 Å². The Morgan fingerprint density at radius 1 is 1.47 bits per heavy atom. The molecule has 0 aliphatic carbocycles. The Morgan fingerprint density at radius 2 is 2.00 bits per heavy atom. The zero-order chi connectivity index (χ0) is 11.5. The van der Waals surface area contributed by atoms with Gasteiger partial charge >= 0.3 is 5.97 Å². The number of hydrogen-bond acceptors (Lipinski definition) is 2. The number of carboxylic acids is 1. The van der Waals surface area contributed by atoms with E-state index in [1.807, 2.05) is 0 Å². The van der Waals surface area contributed by atoms with Crippen LogP contribution in [0.3, 0.4) is 0 Å². The summed E-state index contributed by atoms with van der Waals surface area (Å²) in [6, 6.07) is 5.47. The number of thioether (sulfide) groups is 1. The Labute approximate surface area is 90.3 Å². The standard InChI is InChI=1S/C10H10F2O2S/c1-10(12,9(13)14)6-15-8-4-2-7(11)3-5-8/h2-5H,6H2,1H3,(H,13,14). The van der Waals surface area contributed by atoms with E-state index >= 15 is 0 Å². The average molecular weight is 232 g/mol. The minimum Gasteiger partial charge on any atom is -0.479 e. The molecule has 1 rings (SSSR count). The maximum Gasteiger partial charge on any atom is 0.342 e. The number of carbonyl (C=O) groups is 1. The van der Waals surface area contributed by atoms with Crippen molar-refractivity contribution in [2.75, 3.05) is 5.75 Å². The summed E-state index contributed by atoms with van der Waals surface area (Å²) in [5.41, 5.74) is -2.26. The van der Waals surface area contributed by atoms with Crippen molar-refractivity contribution in [3.05, 3.63) is 30.1 Å². The largest absolute Gasteiger partial charge is 0.479 e. The van der Waals surface area contributed by atoms with Gasteiger partial charge in [-0.3, -0.25) is 0 Å². The van der Waals surface area contributed by atoms with E-state index in [2.05, 4.69) is 0 Å². The summed E-state index contributed by atoms with van der Waals surface area (Å²) >= 11 is 1.04. The van der Waals surface area contributed by atoms with Crippen molar-refractivity contribution in [3.8, 4) is 0 Å². The maximum absolute atomic E-state index is 13.3. The van der Waals surface area contributed by atoms with Crippen molar-refractivity contribution in [2.45, 2.75) is 17.5 Å². The van der Waals surface area contributed by atoms with Crippen molar-refractivity contribution < 1.29 is 18.7 Å². The SMILES string of the molecule is CC(F)(CSc1ccc(F)cc1)C(=O)O. The molecule has 0 fully saturated rings. The average Bonchev–Trinajstić information content (AvgIpc) is 2.17. The van der Waals surface area contributed by atoms with Gasteiger partial charge in [-0.25, -0.2) is 13.6 Å². The quantitative estimate of drug-likeness (QED) is 0.811. The normalized spacial score (nSPS) is 14.6. The zero-order valence-electron chi connectivity index (χ0n) is 8.04. The van der Waals surface area contributed by atoms with Crippen molar-refractivity contribution in [1.82, 2.24) is 0 Å². The van der Waals surface area contributed by atoms with E-state index in [0.29, 0.717) is 4.90 Å². The van der Waals surface area contributed by atoms with Crippen molar-refractivity contribution in [1.29, 1.82) is 0 Å². The van der Waals surface area contributed by atoms with Crippen LogP contribution in [0.15, 0.2) is 29.2 Å². The van der Waals surface area contributed by atoms with Crippen LogP contribution in [0.4, 0.5) is 8.78 Å². The summed E-state index contributed by atoms with van der Waals surface area (Å²) in [6.07, 6.45) is 0. The maximum atomic E-state index is 13.3. The van der Waals surface area contributed by atoms with Crippen LogP contribution in [-0.2, 0) is 4.79 Å². The van der Waals surface area contributed by atoms with Crippen LogP contribution in [0.5, 0.6) is 0 Å². The summed E-state index contributed by atoms with van der Waals surface area (Å²) in [7, 11) is 0. The summed E-state index contributed by atoms with van der Waals surface area (Å²) in [6.45, 7) is 1.01. The molecule has 0 heterocycles. The monoisotopic (exact) mass is 232 g/mol. The second-order valence-electron chi connectivity index (χ2n) is 3.25. The van der Waals surface area contributed by atoms with Gasteiger partial charge in [0, 0.05) is 10.6 Å². The molecule has 1 aromatic carbocycles. The highest BCUT2D eigenvalue weighted by molar-refractivity contribution is 7.99. The first-order valence-electron chi connectivity index (χ1n) is 4.22. The number of carboxylic acid groups (broad SMARTS) is 1. The van der Waals surface area contributed by atoms with E-state index in [4.69, 9.17) is 5.11 Å². The first kappa shape index (κ1) is 12.0. The first-order chi connectivity index (χ1) is 6.92. The van der Waals surface area contributed by atoms with Crippen LogP contribution in [0.25, 0.3) is 0 Å². The highest BCUT2D eigenvalue weighted by Gasteiger charge is 2.32. The molecule has 82 valence electrons. The molecular weight excluding hydrogens is 222 g/mol. The number of rotatable bonds is 4. The van der Waals surface area contributed by atoms with Gasteiger partial charge in [-0.2, -0.15) is 0 Å². The van der Waals surface area contributed by atoms with Gasteiger partial charge in [0.2, 0.25) is 5.67 Å². The van der Waals surface area contributed by atoms with Crippen molar-refractivity contribution >= 4 is 17.7 Å². The van der Waals surface area contributed by atoms with Gasteiger partial charge < -0.3 is 5.11 Å². The second kappa shape index (κ2) is 4.61. The van der Waals surface area contributed by atoms with Crippen LogP contribution >= 0.6 is 11.8 Å². The van der Waals surface area contributed by atoms with Gasteiger partial charge in [-0.15, -0.1) is 11.8 Å². The first-order valence-corrected chi connectivity index (χ1v) is 5.21. The Kier molecular flexibility index (Phi) is 3.68. The summed E-state index contributed by atoms with van der Waals surface area (Å²) in [4.78, 5) is 11.1. The molecule has 0 bridgehead atoms. The molecule has 0 amide bonds. The Hall–Kier alpha value is -1.10. The Morgan fingerprint density at radius 3 is 2.47 bits per heavy atom. The summed E-state index contributed by atoms with van der Waals surface area (Å²) < 4.78 is 25.8. The molecule has 0 radical (unpaired) electrons. The topological polar surface area (TPSA) is 37.3 Å². The fourth-order valence-electron chi connectivity index (χ4n) is 0.811. The van der Waals surface area contributed by atoms with Gasteiger partial charge in [0.05, 0.1) is 0 Å². The second-order valence-corrected chi connectivity index (χ2v) is 4.29. The molecule has 0 spiro atoms. The van der Waals surface area contributed by atoms with Crippen LogP contribution < -0.4 is 0 Å². The number of halogens is 2. The molecule has 5 heteroatoms. The highest BCUT2D eigenvalue weighted by Crippen LogP contribution is 2.25. The van der Waals surface area contributed by atoms with Crippen molar-refractivity contribution in [3.63, 3.8) is 0 Å². The van der Waals surface area contributed by atoms with Gasteiger partial charge in [-0.05, 0) is 31.2 Å². The molecule has 1 aromatic rings. The van der Waals surface area contributed by atoms with E-state index in [-0.39, 0.29) is 11.6 Å². The molecule has 15 heavy (non-hydrogen) atoms. The van der Waals surface area contributed by atoms with Gasteiger partial charge in [0.1, 0.15) is 5.82 Å². The van der Waals surface area contributed by atoms with Crippen LogP contribution in [0.2, 0.25) is 0 Å². The van der Waals surface area contributed by atoms with E-state index < -0.39 is 11.6 Å². The van der Waals surface area contributed by atoms with Crippen LogP contribution in [0.1, 0.15) is 6.92 Å². The minimum absolute atomic E-state index is 0.200. The van der Waals surface area contributed by atoms with Crippen LogP contribution in [0, 0.1) is 5.82 Å². The lowest BCUT2D eigenvalue weighted by Gasteiger charge is -2.13. The highest BCUT2D eigenvalue weighted by atomic mass is 32.2. The Balaban J connectivity index is 2.57. The lowest BCUT2D eigenvalue weighted by atomic mass is 10.2. The van der Waals surface area contributed by atoms with E-state index in [1.54, 1.807) is 0 Å². The molecule has 0 aliphatic heterocycles. The third-order valence-electron chi connectivity index (χ3n) is 1.77. The predicted molar refractivity (Wildman–Crippen MR) is 54.3 cm³/mol. The van der Waals surface area contributed by atoms with Gasteiger partial charge in [0.25, 0.3) is 0 Å². The lowest BCUT2D eigenvalue weighted by molar-refractivity contribution is -0.148. The van der Waals surface area contributed by atoms with E-state index in [9.17, 15) is 13.6 Å². The smallest absolute Gasteiger partial charge is 0.342 e. The fourth-order valence-corrected chi connectivity index (χ4v) is 1.70. The minimum atomic E-state index is -2.26. The van der Waals surface area contributed by atoms with Gasteiger partial charge in [0.15, 0.2) is 0 Å². The predicted octanol–water partition coefficient (Wildman–Crippen LogP) is 2.73. The fraction of sp³-hybridized carbons (Fsp3) is 0.300. The molecule has 1 atom stereocenters.